The molecule has 0 atom stereocenters. The van der Waals surface area contributed by atoms with Gasteiger partial charge in [0.15, 0.2) is 7.05 Å². The van der Waals surface area contributed by atoms with E-state index >= 15 is 0 Å². The van der Waals surface area contributed by atoms with Crippen molar-refractivity contribution in [3.05, 3.63) is 18.0 Å². The molecule has 0 N–H and O–H groups in total. The van der Waals surface area contributed by atoms with Crippen molar-refractivity contribution in [2.45, 2.75) is 19.8 Å². The third-order valence-electron chi connectivity index (χ3n) is 1.56. The SMILES string of the molecule is CC(C)c1cn(F)[n+](C)c1. The topological polar surface area (TPSA) is 8.81 Å². The molecule has 10 heavy (non-hydrogen) atoms. The Balaban J connectivity index is 2.98. The Morgan fingerprint density at radius 1 is 1.60 bits per heavy atom. The molecule has 0 aliphatic heterocycles. The number of aryl methyl sites for hydroxylation is 1. The van der Waals surface area contributed by atoms with Gasteiger partial charge in [0, 0.05) is 10.5 Å². The molecule has 0 spiro atoms. The fraction of sp³-hybridized carbons (Fsp3) is 0.571. The van der Waals surface area contributed by atoms with Gasteiger partial charge < -0.3 is 0 Å². The molecule has 0 aliphatic rings. The molecule has 0 saturated heterocycles. The number of hydrogen-bond donors (Lipinski definition) is 0. The fourth-order valence-corrected chi connectivity index (χ4v) is 0.816. The van der Waals surface area contributed by atoms with Gasteiger partial charge in [-0.2, -0.15) is 0 Å². The third kappa shape index (κ3) is 1.17. The fourth-order valence-electron chi connectivity index (χ4n) is 0.816. The number of nitrogens with zero attached hydrogens (tertiary/aromatic N) is 2. The summed E-state index contributed by atoms with van der Waals surface area (Å²) in [5.41, 5.74) is 1.02. The highest BCUT2D eigenvalue weighted by Gasteiger charge is 2.10. The average molecular weight is 143 g/mol. The van der Waals surface area contributed by atoms with Crippen molar-refractivity contribution in [1.29, 1.82) is 0 Å². The van der Waals surface area contributed by atoms with E-state index in [1.54, 1.807) is 13.2 Å². The van der Waals surface area contributed by atoms with Gasteiger partial charge in [0.1, 0.15) is 6.20 Å². The monoisotopic (exact) mass is 143 g/mol. The smallest absolute Gasteiger partial charge is 0.0888 e. The van der Waals surface area contributed by atoms with E-state index in [0.29, 0.717) is 10.8 Å². The van der Waals surface area contributed by atoms with E-state index in [1.165, 1.54) is 10.9 Å². The maximum absolute atomic E-state index is 12.6. The van der Waals surface area contributed by atoms with E-state index in [4.69, 9.17) is 0 Å². The van der Waals surface area contributed by atoms with Crippen molar-refractivity contribution in [3.8, 4) is 0 Å². The van der Waals surface area contributed by atoms with Crippen LogP contribution in [0.25, 0.3) is 0 Å². The van der Waals surface area contributed by atoms with Gasteiger partial charge >= 0.3 is 0 Å². The number of aromatic nitrogens is 2. The molecule has 1 rings (SSSR count). The van der Waals surface area contributed by atoms with Crippen LogP contribution in [-0.4, -0.2) is 4.90 Å². The van der Waals surface area contributed by atoms with Crippen LogP contribution < -0.4 is 4.68 Å². The summed E-state index contributed by atoms with van der Waals surface area (Å²) in [6, 6.07) is 0. The first-order chi connectivity index (χ1) is 4.61. The number of halogens is 1. The summed E-state index contributed by atoms with van der Waals surface area (Å²) in [6.07, 6.45) is 3.27. The second-order valence-electron chi connectivity index (χ2n) is 2.78. The Labute approximate surface area is 59.8 Å². The molecule has 0 bridgehead atoms. The van der Waals surface area contributed by atoms with Crippen LogP contribution in [0.15, 0.2) is 12.4 Å². The van der Waals surface area contributed by atoms with Gasteiger partial charge in [-0.15, -0.1) is 0 Å². The summed E-state index contributed by atoms with van der Waals surface area (Å²) in [6.45, 7) is 4.07. The van der Waals surface area contributed by atoms with Crippen molar-refractivity contribution >= 4 is 0 Å². The Morgan fingerprint density at radius 2 is 2.20 bits per heavy atom. The number of hydrogen-bond acceptors (Lipinski definition) is 0. The molecule has 2 nitrogen and oxygen atoms in total. The third-order valence-corrected chi connectivity index (χ3v) is 1.56. The molecule has 0 saturated carbocycles. The van der Waals surface area contributed by atoms with Crippen molar-refractivity contribution < 1.29 is 9.16 Å². The molecule has 3 heteroatoms. The molecule has 1 heterocycles. The molecule has 1 aromatic rings. The first kappa shape index (κ1) is 7.25. The van der Waals surface area contributed by atoms with Crippen molar-refractivity contribution in [2.75, 3.05) is 0 Å². The zero-order valence-electron chi connectivity index (χ0n) is 6.50. The summed E-state index contributed by atoms with van der Waals surface area (Å²) in [7, 11) is 1.67. The molecule has 0 radical (unpaired) electrons. The van der Waals surface area contributed by atoms with E-state index in [1.807, 2.05) is 13.8 Å². The lowest BCUT2D eigenvalue weighted by Gasteiger charge is -1.92. The van der Waals surface area contributed by atoms with Crippen LogP contribution in [-0.2, 0) is 7.05 Å². The van der Waals surface area contributed by atoms with Crippen LogP contribution >= 0.6 is 0 Å². The maximum atomic E-state index is 12.6. The summed E-state index contributed by atoms with van der Waals surface area (Å²) < 4.78 is 14.0. The largest absolute Gasteiger partial charge is 0.201 e. The second kappa shape index (κ2) is 2.40. The minimum absolute atomic E-state index is 0.392. The zero-order chi connectivity index (χ0) is 7.72. The molecule has 0 aliphatic carbocycles. The molecule has 0 amide bonds. The van der Waals surface area contributed by atoms with Crippen molar-refractivity contribution in [3.63, 3.8) is 0 Å². The highest BCUT2D eigenvalue weighted by Crippen LogP contribution is 2.10. The van der Waals surface area contributed by atoms with Gasteiger partial charge in [-0.05, 0) is 10.4 Å². The van der Waals surface area contributed by atoms with Gasteiger partial charge in [0.05, 0.1) is 0 Å². The minimum Gasteiger partial charge on any atom is -0.0888 e. The quantitative estimate of drug-likeness (QED) is 0.522. The molecule has 0 aromatic carbocycles. The zero-order valence-corrected chi connectivity index (χ0v) is 6.50. The Kier molecular flexibility index (Phi) is 1.74. The lowest BCUT2D eigenvalue weighted by molar-refractivity contribution is -0.771. The van der Waals surface area contributed by atoms with Gasteiger partial charge in [0.25, 0.3) is 0 Å². The van der Waals surface area contributed by atoms with E-state index in [9.17, 15) is 4.48 Å². The Bertz CT molecular complexity index is 208. The Hall–Kier alpha value is -0.860. The van der Waals surface area contributed by atoms with Crippen LogP contribution in [0.4, 0.5) is 4.48 Å². The first-order valence-corrected chi connectivity index (χ1v) is 3.35. The normalized spacial score (nSPS) is 10.9. The van der Waals surface area contributed by atoms with E-state index in [2.05, 4.69) is 0 Å². The van der Waals surface area contributed by atoms with E-state index < -0.39 is 0 Å². The summed E-state index contributed by atoms with van der Waals surface area (Å²) >= 11 is 0. The van der Waals surface area contributed by atoms with E-state index in [0.717, 1.165) is 5.56 Å². The summed E-state index contributed by atoms with van der Waals surface area (Å²) in [4.78, 5) is 0.579. The molecule has 0 unspecified atom stereocenters. The van der Waals surface area contributed by atoms with Crippen molar-refractivity contribution in [2.24, 2.45) is 7.05 Å². The van der Waals surface area contributed by atoms with Crippen LogP contribution in [0.3, 0.4) is 0 Å². The van der Waals surface area contributed by atoms with Gasteiger partial charge in [-0.3, -0.25) is 0 Å². The van der Waals surface area contributed by atoms with Gasteiger partial charge in [-0.25, -0.2) is 0 Å². The Morgan fingerprint density at radius 3 is 2.40 bits per heavy atom. The summed E-state index contributed by atoms with van der Waals surface area (Å²) in [5, 5.41) is 0. The highest BCUT2D eigenvalue weighted by molar-refractivity contribution is 5.04. The molecule has 0 fully saturated rings. The molecule has 56 valence electrons. The maximum Gasteiger partial charge on any atom is 0.201 e. The molecular weight excluding hydrogens is 131 g/mol. The lowest BCUT2D eigenvalue weighted by atomic mass is 10.1. The number of rotatable bonds is 1. The molecule has 1 aromatic heterocycles. The highest BCUT2D eigenvalue weighted by atomic mass is 19.2. The van der Waals surface area contributed by atoms with Crippen LogP contribution in [0.1, 0.15) is 25.3 Å². The second-order valence-corrected chi connectivity index (χ2v) is 2.78. The predicted octanol–water partition coefficient (Wildman–Crippen LogP) is 1.17. The van der Waals surface area contributed by atoms with Gasteiger partial charge in [-0.1, -0.05) is 18.5 Å². The summed E-state index contributed by atoms with van der Waals surface area (Å²) in [5.74, 6) is 0.392. The van der Waals surface area contributed by atoms with Gasteiger partial charge in [0.2, 0.25) is 6.20 Å². The first-order valence-electron chi connectivity index (χ1n) is 3.35. The van der Waals surface area contributed by atoms with Crippen molar-refractivity contribution in [1.82, 2.24) is 4.90 Å². The van der Waals surface area contributed by atoms with Crippen LogP contribution in [0, 0.1) is 0 Å². The lowest BCUT2D eigenvalue weighted by Crippen LogP contribution is -2.33. The molecular formula is C7H12FN2+. The minimum atomic E-state index is 0.392. The van der Waals surface area contributed by atoms with Crippen LogP contribution in [0.2, 0.25) is 0 Å². The standard InChI is InChI=1S/C7H12FN2/c1-6(2)7-4-9(3)10(8)5-7/h4-6H,1-3H3/q+1. The van der Waals surface area contributed by atoms with Crippen LogP contribution in [0.5, 0.6) is 0 Å². The average Bonchev–Trinajstić information content (AvgIpc) is 2.13. The predicted molar refractivity (Wildman–Crippen MR) is 36.2 cm³/mol. The van der Waals surface area contributed by atoms with E-state index in [-0.39, 0.29) is 0 Å².